The van der Waals surface area contributed by atoms with Crippen molar-refractivity contribution < 1.29 is 5.11 Å². The van der Waals surface area contributed by atoms with Gasteiger partial charge in [0, 0.05) is 24.9 Å². The minimum atomic E-state index is -0.138. The first-order valence-electron chi connectivity index (χ1n) is 3.25. The molecule has 1 fully saturated rings. The SMILES string of the molecule is CC(O)C1CN(CS)C1. The predicted molar refractivity (Wildman–Crippen MR) is 40.6 cm³/mol. The van der Waals surface area contributed by atoms with Crippen molar-refractivity contribution in [2.24, 2.45) is 5.92 Å². The van der Waals surface area contributed by atoms with Crippen molar-refractivity contribution in [3.8, 4) is 0 Å². The molecule has 0 aromatic heterocycles. The van der Waals surface area contributed by atoms with Gasteiger partial charge in [-0.1, -0.05) is 0 Å². The summed E-state index contributed by atoms with van der Waals surface area (Å²) in [6.45, 7) is 3.88. The Morgan fingerprint density at radius 1 is 1.78 bits per heavy atom. The monoisotopic (exact) mass is 147 g/mol. The maximum atomic E-state index is 9.03. The van der Waals surface area contributed by atoms with Gasteiger partial charge in [0.05, 0.1) is 6.10 Å². The number of hydrogen-bond acceptors (Lipinski definition) is 3. The highest BCUT2D eigenvalue weighted by molar-refractivity contribution is 7.80. The van der Waals surface area contributed by atoms with Crippen LogP contribution < -0.4 is 0 Å². The summed E-state index contributed by atoms with van der Waals surface area (Å²) in [4.78, 5) is 2.19. The number of nitrogens with zero attached hydrogens (tertiary/aromatic N) is 1. The van der Waals surface area contributed by atoms with Gasteiger partial charge in [-0.05, 0) is 6.92 Å². The summed E-state index contributed by atoms with van der Waals surface area (Å²) in [5.74, 6) is 1.32. The van der Waals surface area contributed by atoms with E-state index in [1.165, 1.54) is 0 Å². The van der Waals surface area contributed by atoms with Crippen LogP contribution in [0, 0.1) is 5.92 Å². The molecule has 0 aromatic carbocycles. The second-order valence-corrected chi connectivity index (χ2v) is 2.96. The Bertz CT molecular complexity index is 91.1. The highest BCUT2D eigenvalue weighted by Crippen LogP contribution is 2.18. The largest absolute Gasteiger partial charge is 0.393 e. The van der Waals surface area contributed by atoms with Crippen LogP contribution in [0.2, 0.25) is 0 Å². The van der Waals surface area contributed by atoms with Crippen LogP contribution in [0.25, 0.3) is 0 Å². The minimum Gasteiger partial charge on any atom is -0.393 e. The summed E-state index contributed by atoms with van der Waals surface area (Å²) in [6, 6.07) is 0. The second-order valence-electron chi connectivity index (χ2n) is 2.68. The van der Waals surface area contributed by atoms with Gasteiger partial charge in [0.25, 0.3) is 0 Å². The first-order chi connectivity index (χ1) is 4.24. The molecule has 1 saturated heterocycles. The van der Waals surface area contributed by atoms with Crippen molar-refractivity contribution >= 4 is 12.6 Å². The number of rotatable bonds is 2. The summed E-state index contributed by atoms with van der Waals surface area (Å²) in [5.41, 5.74) is 0. The molecule has 1 N–H and O–H groups in total. The average molecular weight is 147 g/mol. The summed E-state index contributed by atoms with van der Waals surface area (Å²) in [6.07, 6.45) is -0.138. The fourth-order valence-corrected chi connectivity index (χ4v) is 1.26. The zero-order valence-electron chi connectivity index (χ0n) is 5.62. The molecule has 0 amide bonds. The zero-order valence-corrected chi connectivity index (χ0v) is 6.51. The zero-order chi connectivity index (χ0) is 6.85. The van der Waals surface area contributed by atoms with Crippen molar-refractivity contribution in [2.45, 2.75) is 13.0 Å². The lowest BCUT2D eigenvalue weighted by Gasteiger charge is -2.39. The normalized spacial score (nSPS) is 25.7. The van der Waals surface area contributed by atoms with E-state index in [0.717, 1.165) is 19.0 Å². The second kappa shape index (κ2) is 2.90. The smallest absolute Gasteiger partial charge is 0.0564 e. The Morgan fingerprint density at radius 2 is 2.33 bits per heavy atom. The maximum Gasteiger partial charge on any atom is 0.0564 e. The number of thiol groups is 1. The van der Waals surface area contributed by atoms with E-state index in [-0.39, 0.29) is 6.10 Å². The van der Waals surface area contributed by atoms with E-state index in [0.29, 0.717) is 5.92 Å². The molecule has 2 nitrogen and oxygen atoms in total. The topological polar surface area (TPSA) is 23.5 Å². The maximum absolute atomic E-state index is 9.03. The van der Waals surface area contributed by atoms with Gasteiger partial charge < -0.3 is 5.11 Å². The van der Waals surface area contributed by atoms with E-state index in [1.54, 1.807) is 0 Å². The molecule has 1 aliphatic heterocycles. The number of hydrogen-bond donors (Lipinski definition) is 2. The number of aliphatic hydroxyl groups is 1. The van der Waals surface area contributed by atoms with Gasteiger partial charge in [-0.3, -0.25) is 4.90 Å². The third-order valence-electron chi connectivity index (χ3n) is 1.87. The van der Waals surface area contributed by atoms with Crippen molar-refractivity contribution in [1.29, 1.82) is 0 Å². The standard InChI is InChI=1S/C6H13NOS/c1-5(8)6-2-7(3-6)4-9/h5-6,8-9H,2-4H2,1H3. The van der Waals surface area contributed by atoms with Crippen LogP contribution in [-0.4, -0.2) is 35.1 Å². The molecule has 0 bridgehead atoms. The van der Waals surface area contributed by atoms with E-state index in [9.17, 15) is 0 Å². The van der Waals surface area contributed by atoms with E-state index in [1.807, 2.05) is 6.92 Å². The van der Waals surface area contributed by atoms with Crippen molar-refractivity contribution in [2.75, 3.05) is 19.0 Å². The molecule has 0 spiro atoms. The van der Waals surface area contributed by atoms with Crippen LogP contribution in [0.15, 0.2) is 0 Å². The van der Waals surface area contributed by atoms with Crippen LogP contribution >= 0.6 is 12.6 Å². The molecule has 0 radical (unpaired) electrons. The Balaban J connectivity index is 2.12. The van der Waals surface area contributed by atoms with Crippen molar-refractivity contribution in [3.05, 3.63) is 0 Å². The van der Waals surface area contributed by atoms with Crippen LogP contribution in [0.1, 0.15) is 6.92 Å². The third-order valence-corrected chi connectivity index (χ3v) is 2.27. The van der Waals surface area contributed by atoms with Crippen LogP contribution in [0.5, 0.6) is 0 Å². The van der Waals surface area contributed by atoms with Crippen LogP contribution in [0.3, 0.4) is 0 Å². The Labute approximate surface area is 61.3 Å². The van der Waals surface area contributed by atoms with E-state index >= 15 is 0 Å². The molecule has 1 unspecified atom stereocenters. The molecule has 0 aliphatic carbocycles. The van der Waals surface area contributed by atoms with Gasteiger partial charge in [0.2, 0.25) is 0 Å². The first kappa shape index (κ1) is 7.38. The molecule has 3 heteroatoms. The highest BCUT2D eigenvalue weighted by Gasteiger charge is 2.28. The molecule has 1 heterocycles. The van der Waals surface area contributed by atoms with Crippen LogP contribution in [-0.2, 0) is 0 Å². The first-order valence-corrected chi connectivity index (χ1v) is 3.88. The molecule has 1 rings (SSSR count). The van der Waals surface area contributed by atoms with Gasteiger partial charge in [-0.25, -0.2) is 0 Å². The fraction of sp³-hybridized carbons (Fsp3) is 1.00. The number of likely N-dealkylation sites (tertiary alicyclic amines) is 1. The summed E-state index contributed by atoms with van der Waals surface area (Å²) >= 11 is 4.10. The summed E-state index contributed by atoms with van der Waals surface area (Å²) in [7, 11) is 0. The fourth-order valence-electron chi connectivity index (χ4n) is 1.03. The van der Waals surface area contributed by atoms with Crippen molar-refractivity contribution in [1.82, 2.24) is 4.90 Å². The number of aliphatic hydroxyl groups excluding tert-OH is 1. The van der Waals surface area contributed by atoms with Gasteiger partial charge in [-0.15, -0.1) is 0 Å². The quantitative estimate of drug-likeness (QED) is 0.545. The predicted octanol–water partition coefficient (Wildman–Crippen LogP) is 0.186. The van der Waals surface area contributed by atoms with Gasteiger partial charge >= 0.3 is 0 Å². The van der Waals surface area contributed by atoms with Gasteiger partial charge in [0.1, 0.15) is 0 Å². The van der Waals surface area contributed by atoms with Gasteiger partial charge in [0.15, 0.2) is 0 Å². The molecular formula is C6H13NOS. The third kappa shape index (κ3) is 1.60. The lowest BCUT2D eigenvalue weighted by Crippen LogP contribution is -2.50. The van der Waals surface area contributed by atoms with E-state index in [2.05, 4.69) is 17.5 Å². The molecule has 1 atom stereocenters. The van der Waals surface area contributed by atoms with E-state index < -0.39 is 0 Å². The molecular weight excluding hydrogens is 134 g/mol. The molecule has 0 aromatic rings. The van der Waals surface area contributed by atoms with Crippen molar-refractivity contribution in [3.63, 3.8) is 0 Å². The Kier molecular flexibility index (Phi) is 2.38. The van der Waals surface area contributed by atoms with Crippen LogP contribution in [0.4, 0.5) is 0 Å². The lowest BCUT2D eigenvalue weighted by atomic mass is 9.96. The Morgan fingerprint density at radius 3 is 2.67 bits per heavy atom. The van der Waals surface area contributed by atoms with E-state index in [4.69, 9.17) is 5.11 Å². The highest BCUT2D eigenvalue weighted by atomic mass is 32.1. The minimum absolute atomic E-state index is 0.138. The summed E-state index contributed by atoms with van der Waals surface area (Å²) < 4.78 is 0. The molecule has 54 valence electrons. The molecule has 9 heavy (non-hydrogen) atoms. The molecule has 0 saturated carbocycles. The summed E-state index contributed by atoms with van der Waals surface area (Å²) in [5, 5.41) is 9.03. The Hall–Kier alpha value is 0.270. The van der Waals surface area contributed by atoms with Gasteiger partial charge in [-0.2, -0.15) is 12.6 Å². The average Bonchev–Trinajstić information content (AvgIpc) is 1.61. The lowest BCUT2D eigenvalue weighted by molar-refractivity contribution is 0.0176. The molecule has 1 aliphatic rings.